The summed E-state index contributed by atoms with van der Waals surface area (Å²) in [6, 6.07) is 3.04. The molecule has 2 aromatic rings. The van der Waals surface area contributed by atoms with E-state index in [0.717, 1.165) is 26.1 Å². The fourth-order valence-corrected chi connectivity index (χ4v) is 5.62. The molecule has 0 spiro atoms. The molecule has 30 heavy (non-hydrogen) atoms. The number of nitrogens with zero attached hydrogens (tertiary/aromatic N) is 4. The minimum atomic E-state index is -1.25. The fourth-order valence-electron chi connectivity index (χ4n) is 4.25. The van der Waals surface area contributed by atoms with Gasteiger partial charge in [0.25, 0.3) is 0 Å². The van der Waals surface area contributed by atoms with Gasteiger partial charge in [-0.05, 0) is 46.2 Å². The van der Waals surface area contributed by atoms with Gasteiger partial charge in [0, 0.05) is 43.4 Å². The van der Waals surface area contributed by atoms with Crippen molar-refractivity contribution in [2.75, 3.05) is 64.5 Å². The number of benzene rings is 1. The topological polar surface area (TPSA) is 69.0 Å². The molecule has 0 saturated carbocycles. The standard InChI is InChI=1S/C21H27FN4O3S/c1-23(2)5-4-13-12-30-20-18(21(28)29)19(27)14-10-15(22)17(11-16(14)26(13)20)25-8-6-24(3)7-9-25/h10-11,13H,4-9,12H2,1-3H3,(H,28,29). The van der Waals surface area contributed by atoms with Gasteiger partial charge in [0.15, 0.2) is 0 Å². The molecule has 1 fully saturated rings. The highest BCUT2D eigenvalue weighted by atomic mass is 32.2. The van der Waals surface area contributed by atoms with E-state index in [1.807, 2.05) is 30.6 Å². The van der Waals surface area contributed by atoms with Crippen LogP contribution in [0.2, 0.25) is 0 Å². The summed E-state index contributed by atoms with van der Waals surface area (Å²) in [6.45, 7) is 3.95. The second-order valence-corrected chi connectivity index (χ2v) is 9.36. The van der Waals surface area contributed by atoms with Crippen LogP contribution in [-0.2, 0) is 0 Å². The van der Waals surface area contributed by atoms with Crippen molar-refractivity contribution in [1.82, 2.24) is 14.4 Å². The number of likely N-dealkylation sites (N-methyl/N-ethyl adjacent to an activating group) is 1. The first-order chi connectivity index (χ1) is 14.3. The van der Waals surface area contributed by atoms with Crippen molar-refractivity contribution in [3.05, 3.63) is 33.7 Å². The first kappa shape index (κ1) is 21.1. The molecule has 1 aromatic carbocycles. The molecule has 1 atom stereocenters. The predicted octanol–water partition coefficient (Wildman–Crippen LogP) is 2.19. The SMILES string of the molecule is CN(C)CCC1CSc2c(C(=O)O)c(=O)c3cc(F)c(N4CCN(C)CC4)cc3n21. The lowest BCUT2D eigenvalue weighted by Crippen LogP contribution is -2.44. The van der Waals surface area contributed by atoms with Crippen LogP contribution in [0.1, 0.15) is 22.8 Å². The average molecular weight is 435 g/mol. The van der Waals surface area contributed by atoms with Crippen LogP contribution < -0.4 is 10.3 Å². The van der Waals surface area contributed by atoms with Gasteiger partial charge >= 0.3 is 5.97 Å². The van der Waals surface area contributed by atoms with E-state index in [1.54, 1.807) is 6.07 Å². The van der Waals surface area contributed by atoms with Crippen molar-refractivity contribution >= 4 is 34.3 Å². The summed E-state index contributed by atoms with van der Waals surface area (Å²) in [5.74, 6) is -1.03. The van der Waals surface area contributed by atoms with Crippen molar-refractivity contribution in [1.29, 1.82) is 0 Å². The Balaban J connectivity index is 1.90. The number of fused-ring (bicyclic) bond motifs is 3. The molecule has 2 aliphatic heterocycles. The lowest BCUT2D eigenvalue weighted by Gasteiger charge is -2.34. The number of carboxylic acids is 1. The van der Waals surface area contributed by atoms with Gasteiger partial charge in [-0.3, -0.25) is 4.79 Å². The van der Waals surface area contributed by atoms with Crippen molar-refractivity contribution in [2.45, 2.75) is 17.5 Å². The van der Waals surface area contributed by atoms with Crippen molar-refractivity contribution in [3.8, 4) is 0 Å². The van der Waals surface area contributed by atoms with Crippen molar-refractivity contribution < 1.29 is 14.3 Å². The summed E-state index contributed by atoms with van der Waals surface area (Å²) < 4.78 is 17.0. The van der Waals surface area contributed by atoms with Crippen LogP contribution >= 0.6 is 11.8 Å². The molecule has 4 rings (SSSR count). The van der Waals surface area contributed by atoms with E-state index in [9.17, 15) is 14.7 Å². The van der Waals surface area contributed by atoms with Gasteiger partial charge < -0.3 is 24.4 Å². The first-order valence-corrected chi connectivity index (χ1v) is 11.1. The number of halogens is 1. The molecule has 9 heteroatoms. The molecular formula is C21H27FN4O3S. The summed E-state index contributed by atoms with van der Waals surface area (Å²) in [6.07, 6.45) is 0.825. The molecule has 0 aliphatic carbocycles. The summed E-state index contributed by atoms with van der Waals surface area (Å²) >= 11 is 1.41. The maximum atomic E-state index is 15.1. The van der Waals surface area contributed by atoms with E-state index in [4.69, 9.17) is 0 Å². The third kappa shape index (κ3) is 3.70. The molecule has 0 bridgehead atoms. The van der Waals surface area contributed by atoms with E-state index in [-0.39, 0.29) is 17.0 Å². The first-order valence-electron chi connectivity index (χ1n) is 10.1. The minimum absolute atomic E-state index is 0.0550. The molecule has 2 aliphatic rings. The van der Waals surface area contributed by atoms with Gasteiger partial charge in [0.2, 0.25) is 5.43 Å². The van der Waals surface area contributed by atoms with Crippen LogP contribution in [0.15, 0.2) is 22.0 Å². The molecule has 0 radical (unpaired) electrons. The van der Waals surface area contributed by atoms with Gasteiger partial charge in [-0.1, -0.05) is 0 Å². The molecule has 7 nitrogen and oxygen atoms in total. The van der Waals surface area contributed by atoms with Crippen LogP contribution in [-0.4, -0.2) is 85.1 Å². The van der Waals surface area contributed by atoms with Gasteiger partial charge in [-0.2, -0.15) is 0 Å². The lowest BCUT2D eigenvalue weighted by atomic mass is 10.1. The van der Waals surface area contributed by atoms with Crippen LogP contribution in [0.5, 0.6) is 0 Å². The number of hydrogen-bond donors (Lipinski definition) is 1. The Labute approximate surface area is 179 Å². The van der Waals surface area contributed by atoms with Gasteiger partial charge in [0.1, 0.15) is 11.4 Å². The number of pyridine rings is 1. The number of carboxylic acid groups (broad SMARTS) is 1. The zero-order chi connectivity index (χ0) is 21.6. The van der Waals surface area contributed by atoms with Crippen LogP contribution in [0.4, 0.5) is 10.1 Å². The van der Waals surface area contributed by atoms with Gasteiger partial charge in [-0.25, -0.2) is 9.18 Å². The minimum Gasteiger partial charge on any atom is -0.477 e. The Morgan fingerprint density at radius 1 is 1.27 bits per heavy atom. The Hall–Kier alpha value is -2.10. The number of piperazine rings is 1. The van der Waals surface area contributed by atoms with E-state index >= 15 is 4.39 Å². The Morgan fingerprint density at radius 3 is 2.60 bits per heavy atom. The lowest BCUT2D eigenvalue weighted by molar-refractivity contribution is 0.0690. The highest BCUT2D eigenvalue weighted by Gasteiger charge is 2.32. The molecule has 1 aromatic heterocycles. The second-order valence-electron chi connectivity index (χ2n) is 8.35. The monoisotopic (exact) mass is 434 g/mol. The number of hydrogen-bond acceptors (Lipinski definition) is 6. The van der Waals surface area contributed by atoms with Crippen molar-refractivity contribution in [2.24, 2.45) is 0 Å². The Kier molecular flexibility index (Phi) is 5.78. The molecule has 1 unspecified atom stereocenters. The Bertz CT molecular complexity index is 1050. The van der Waals surface area contributed by atoms with E-state index in [0.29, 0.717) is 35.1 Å². The van der Waals surface area contributed by atoms with Crippen LogP contribution in [0, 0.1) is 5.82 Å². The highest BCUT2D eigenvalue weighted by molar-refractivity contribution is 7.99. The van der Waals surface area contributed by atoms with E-state index in [1.165, 1.54) is 17.8 Å². The van der Waals surface area contributed by atoms with Crippen molar-refractivity contribution in [3.63, 3.8) is 0 Å². The third-order valence-corrected chi connectivity index (χ3v) is 7.20. The smallest absolute Gasteiger partial charge is 0.342 e. The third-order valence-electron chi connectivity index (χ3n) is 5.97. The second kappa shape index (κ2) is 8.20. The number of aromatic nitrogens is 1. The number of carbonyl (C=O) groups is 1. The maximum Gasteiger partial charge on any atom is 0.342 e. The normalized spacial score (nSPS) is 19.6. The van der Waals surface area contributed by atoms with Gasteiger partial charge in [-0.15, -0.1) is 11.8 Å². The zero-order valence-corrected chi connectivity index (χ0v) is 18.3. The molecular weight excluding hydrogens is 407 g/mol. The molecule has 162 valence electrons. The molecule has 1 N–H and O–H groups in total. The highest BCUT2D eigenvalue weighted by Crippen LogP contribution is 2.40. The quantitative estimate of drug-likeness (QED) is 0.774. The molecule has 0 amide bonds. The summed E-state index contributed by atoms with van der Waals surface area (Å²) in [7, 11) is 6.03. The largest absolute Gasteiger partial charge is 0.477 e. The summed E-state index contributed by atoms with van der Waals surface area (Å²) in [4.78, 5) is 31.2. The van der Waals surface area contributed by atoms with Crippen LogP contribution in [0.3, 0.4) is 0 Å². The summed E-state index contributed by atoms with van der Waals surface area (Å²) in [5.41, 5.74) is 0.264. The predicted molar refractivity (Wildman–Crippen MR) is 118 cm³/mol. The summed E-state index contributed by atoms with van der Waals surface area (Å²) in [5, 5.41) is 10.3. The van der Waals surface area contributed by atoms with Crippen LogP contribution in [0.25, 0.3) is 10.9 Å². The molecule has 1 saturated heterocycles. The number of rotatable bonds is 5. The van der Waals surface area contributed by atoms with E-state index in [2.05, 4.69) is 9.80 Å². The Morgan fingerprint density at radius 2 is 1.97 bits per heavy atom. The molecule has 3 heterocycles. The van der Waals surface area contributed by atoms with Gasteiger partial charge in [0.05, 0.1) is 16.2 Å². The average Bonchev–Trinajstić information content (AvgIpc) is 3.10. The number of aromatic carboxylic acids is 1. The fraction of sp³-hybridized carbons (Fsp3) is 0.524. The zero-order valence-electron chi connectivity index (χ0n) is 17.5. The number of thioether (sulfide) groups is 1. The van der Waals surface area contributed by atoms with E-state index < -0.39 is 17.2 Å². The number of anilines is 1. The maximum absolute atomic E-state index is 15.1.